The molecule has 0 amide bonds. The molecule has 0 spiro atoms. The van der Waals surface area contributed by atoms with Crippen LogP contribution in [0.3, 0.4) is 0 Å². The number of halogens is 1. The first-order valence-corrected chi connectivity index (χ1v) is 6.11. The average molecular weight is 237 g/mol. The monoisotopic (exact) mass is 237 g/mol. The van der Waals surface area contributed by atoms with Crippen molar-refractivity contribution >= 4 is 0 Å². The van der Waals surface area contributed by atoms with Crippen LogP contribution < -0.4 is 5.32 Å². The van der Waals surface area contributed by atoms with Crippen LogP contribution >= 0.6 is 0 Å². The molecule has 0 aromatic heterocycles. The Hall–Kier alpha value is -0.930. The van der Waals surface area contributed by atoms with Crippen molar-refractivity contribution in [1.29, 1.82) is 0 Å². The molecule has 2 N–H and O–H groups in total. The summed E-state index contributed by atoms with van der Waals surface area (Å²) in [5.74, 6) is -0.208. The molecule has 0 aliphatic heterocycles. The summed E-state index contributed by atoms with van der Waals surface area (Å²) in [5, 5.41) is 13.2. The van der Waals surface area contributed by atoms with Gasteiger partial charge in [0, 0.05) is 17.5 Å². The van der Waals surface area contributed by atoms with Gasteiger partial charge in [-0.15, -0.1) is 0 Å². The Labute approximate surface area is 102 Å². The van der Waals surface area contributed by atoms with Gasteiger partial charge in [0.1, 0.15) is 5.82 Å². The van der Waals surface area contributed by atoms with Gasteiger partial charge in [-0.3, -0.25) is 0 Å². The highest BCUT2D eigenvalue weighted by Gasteiger charge is 2.47. The number of hydrogen-bond donors (Lipinski definition) is 2. The summed E-state index contributed by atoms with van der Waals surface area (Å²) in [6.07, 6.45) is 0.568. The third kappa shape index (κ3) is 2.35. The number of hydrogen-bond acceptors (Lipinski definition) is 2. The van der Waals surface area contributed by atoms with E-state index in [1.807, 2.05) is 0 Å². The van der Waals surface area contributed by atoms with Gasteiger partial charge < -0.3 is 10.4 Å². The summed E-state index contributed by atoms with van der Waals surface area (Å²) in [4.78, 5) is 0. The summed E-state index contributed by atoms with van der Waals surface area (Å²) in [6.45, 7) is 6.19. The number of benzene rings is 1. The van der Waals surface area contributed by atoms with E-state index in [9.17, 15) is 9.50 Å². The average Bonchev–Trinajstić information content (AvgIpc) is 2.29. The van der Waals surface area contributed by atoms with Gasteiger partial charge in [-0.05, 0) is 31.0 Å². The molecule has 0 heterocycles. The van der Waals surface area contributed by atoms with Gasteiger partial charge in [-0.2, -0.15) is 0 Å². The Morgan fingerprint density at radius 2 is 1.94 bits per heavy atom. The third-order valence-corrected chi connectivity index (χ3v) is 4.04. The first-order valence-electron chi connectivity index (χ1n) is 6.11. The molecule has 0 radical (unpaired) electrons. The van der Waals surface area contributed by atoms with Gasteiger partial charge in [0.2, 0.25) is 0 Å². The summed E-state index contributed by atoms with van der Waals surface area (Å²) >= 11 is 0. The molecule has 94 valence electrons. The minimum absolute atomic E-state index is 0.0751. The molecule has 1 aliphatic carbocycles. The topological polar surface area (TPSA) is 32.3 Å². The van der Waals surface area contributed by atoms with Crippen molar-refractivity contribution in [1.82, 2.24) is 5.32 Å². The van der Waals surface area contributed by atoms with Crippen molar-refractivity contribution in [2.75, 3.05) is 0 Å². The molecular weight excluding hydrogens is 217 g/mol. The molecule has 0 bridgehead atoms. The van der Waals surface area contributed by atoms with Crippen LogP contribution in [0.2, 0.25) is 0 Å². The maximum atomic E-state index is 12.8. The zero-order valence-electron chi connectivity index (χ0n) is 10.6. The molecule has 1 aliphatic rings. The normalized spacial score (nSPS) is 28.5. The second-order valence-corrected chi connectivity index (χ2v) is 5.57. The van der Waals surface area contributed by atoms with Crippen LogP contribution in [0.1, 0.15) is 38.8 Å². The number of aliphatic hydroxyl groups excluding tert-OH is 1. The molecule has 1 fully saturated rings. The highest BCUT2D eigenvalue weighted by Crippen LogP contribution is 2.41. The Bertz CT molecular complexity index is 388. The van der Waals surface area contributed by atoms with Crippen molar-refractivity contribution < 1.29 is 9.50 Å². The Morgan fingerprint density at radius 1 is 1.35 bits per heavy atom. The van der Waals surface area contributed by atoms with Gasteiger partial charge in [0.15, 0.2) is 0 Å². The molecule has 0 saturated heterocycles. The predicted molar refractivity (Wildman–Crippen MR) is 66.1 cm³/mol. The van der Waals surface area contributed by atoms with Gasteiger partial charge in [0.25, 0.3) is 0 Å². The molecule has 3 heteroatoms. The van der Waals surface area contributed by atoms with Crippen LogP contribution in [0.15, 0.2) is 24.3 Å². The quantitative estimate of drug-likeness (QED) is 0.847. The third-order valence-electron chi connectivity index (χ3n) is 4.04. The van der Waals surface area contributed by atoms with Crippen molar-refractivity contribution in [2.24, 2.45) is 5.41 Å². The molecule has 1 aromatic rings. The summed E-state index contributed by atoms with van der Waals surface area (Å²) in [7, 11) is 0. The fraction of sp³-hybridized carbons (Fsp3) is 0.571. The zero-order valence-corrected chi connectivity index (χ0v) is 10.6. The van der Waals surface area contributed by atoms with Crippen LogP contribution in [0.5, 0.6) is 0 Å². The van der Waals surface area contributed by atoms with E-state index in [1.165, 1.54) is 12.1 Å². The highest BCUT2D eigenvalue weighted by molar-refractivity contribution is 5.20. The Balaban J connectivity index is 1.98. The number of aliphatic hydroxyl groups is 1. The molecule has 1 aromatic carbocycles. The fourth-order valence-corrected chi connectivity index (χ4v) is 2.33. The zero-order chi connectivity index (χ0) is 12.6. The van der Waals surface area contributed by atoms with E-state index in [0.29, 0.717) is 6.04 Å². The van der Waals surface area contributed by atoms with E-state index in [1.54, 1.807) is 12.1 Å². The lowest BCUT2D eigenvalue weighted by molar-refractivity contribution is -0.0754. The second kappa shape index (κ2) is 4.39. The van der Waals surface area contributed by atoms with Crippen LogP contribution in [-0.4, -0.2) is 17.3 Å². The molecule has 17 heavy (non-hydrogen) atoms. The summed E-state index contributed by atoms with van der Waals surface area (Å²) in [6, 6.07) is 7.05. The van der Waals surface area contributed by atoms with Gasteiger partial charge >= 0.3 is 0 Å². The Morgan fingerprint density at radius 3 is 2.41 bits per heavy atom. The summed E-state index contributed by atoms with van der Waals surface area (Å²) < 4.78 is 12.8. The predicted octanol–water partition coefficient (Wildman–Crippen LogP) is 2.64. The largest absolute Gasteiger partial charge is 0.392 e. The van der Waals surface area contributed by atoms with E-state index >= 15 is 0 Å². The minimum atomic E-state index is -0.222. The second-order valence-electron chi connectivity index (χ2n) is 5.57. The van der Waals surface area contributed by atoms with Gasteiger partial charge in [-0.1, -0.05) is 26.0 Å². The first kappa shape index (κ1) is 12.5. The van der Waals surface area contributed by atoms with Crippen LogP contribution in [0.25, 0.3) is 0 Å². The van der Waals surface area contributed by atoms with Crippen LogP contribution in [-0.2, 0) is 0 Å². The molecular formula is C14H20FNO. The lowest BCUT2D eigenvalue weighted by atomic mass is 9.64. The van der Waals surface area contributed by atoms with Crippen molar-refractivity contribution in [3.05, 3.63) is 35.6 Å². The smallest absolute Gasteiger partial charge is 0.123 e. The van der Waals surface area contributed by atoms with Crippen molar-refractivity contribution in [3.63, 3.8) is 0 Å². The SMILES string of the molecule is CC(NC1CC(O)C1(C)C)c1ccc(F)cc1. The Kier molecular flexibility index (Phi) is 3.23. The van der Waals surface area contributed by atoms with E-state index in [2.05, 4.69) is 26.1 Å². The highest BCUT2D eigenvalue weighted by atomic mass is 19.1. The standard InChI is InChI=1S/C14H20FNO/c1-9(10-4-6-11(15)7-5-10)16-12-8-13(17)14(12,2)3/h4-7,9,12-13,16-17H,8H2,1-3H3. The number of nitrogens with one attached hydrogen (secondary N) is 1. The first-order chi connectivity index (χ1) is 7.91. The number of rotatable bonds is 3. The van der Waals surface area contributed by atoms with E-state index in [4.69, 9.17) is 0 Å². The lowest BCUT2D eigenvalue weighted by Gasteiger charge is -2.50. The van der Waals surface area contributed by atoms with Crippen LogP contribution in [0.4, 0.5) is 4.39 Å². The maximum Gasteiger partial charge on any atom is 0.123 e. The molecule has 1 saturated carbocycles. The molecule has 2 rings (SSSR count). The van der Waals surface area contributed by atoms with E-state index in [0.717, 1.165) is 12.0 Å². The molecule has 3 atom stereocenters. The lowest BCUT2D eigenvalue weighted by Crippen LogP contribution is -2.60. The molecule has 3 unspecified atom stereocenters. The van der Waals surface area contributed by atoms with Crippen molar-refractivity contribution in [3.8, 4) is 0 Å². The van der Waals surface area contributed by atoms with E-state index in [-0.39, 0.29) is 23.4 Å². The van der Waals surface area contributed by atoms with Crippen molar-refractivity contribution in [2.45, 2.75) is 45.4 Å². The van der Waals surface area contributed by atoms with Gasteiger partial charge in [-0.25, -0.2) is 4.39 Å². The molecule has 2 nitrogen and oxygen atoms in total. The fourth-order valence-electron chi connectivity index (χ4n) is 2.33. The van der Waals surface area contributed by atoms with Gasteiger partial charge in [0.05, 0.1) is 6.10 Å². The summed E-state index contributed by atoms with van der Waals surface area (Å²) in [5.41, 5.74) is 0.998. The maximum absolute atomic E-state index is 12.8. The van der Waals surface area contributed by atoms with Crippen LogP contribution in [0, 0.1) is 11.2 Å². The minimum Gasteiger partial charge on any atom is -0.392 e. The van der Waals surface area contributed by atoms with E-state index < -0.39 is 0 Å².